The molecule has 302 valence electrons. The van der Waals surface area contributed by atoms with Gasteiger partial charge in [-0.05, 0) is 166 Å². The van der Waals surface area contributed by atoms with Crippen molar-refractivity contribution in [1.29, 1.82) is 0 Å². The van der Waals surface area contributed by atoms with Crippen LogP contribution in [0.2, 0.25) is 0 Å². The zero-order valence-electron chi connectivity index (χ0n) is 35.3. The Kier molecular flexibility index (Phi) is 14.6. The van der Waals surface area contributed by atoms with E-state index in [9.17, 15) is 4.79 Å². The summed E-state index contributed by atoms with van der Waals surface area (Å²) in [5.41, 5.74) is 4.30. The molecule has 6 rings (SSSR count). The number of esters is 1. The van der Waals surface area contributed by atoms with Crippen molar-refractivity contribution in [2.24, 2.45) is 61.6 Å². The summed E-state index contributed by atoms with van der Waals surface area (Å²) in [6.45, 7) is 16.0. The highest BCUT2D eigenvalue weighted by atomic mass is 16.5. The number of carbonyl (C=O) groups excluding carboxylic acids is 1. The molecule has 4 aliphatic rings. The van der Waals surface area contributed by atoms with Crippen LogP contribution in [0.25, 0.3) is 0 Å². The number of benzene rings is 2. The smallest absolute Gasteiger partial charge is 0.338 e. The van der Waals surface area contributed by atoms with Gasteiger partial charge >= 0.3 is 5.97 Å². The van der Waals surface area contributed by atoms with Gasteiger partial charge in [0.15, 0.2) is 0 Å². The molecule has 2 aromatic rings. The van der Waals surface area contributed by atoms with Crippen molar-refractivity contribution < 1.29 is 14.3 Å². The number of unbranched alkanes of at least 4 members (excludes halogenated alkanes) is 1. The van der Waals surface area contributed by atoms with Gasteiger partial charge in [-0.3, -0.25) is 4.99 Å². The first-order chi connectivity index (χ1) is 27.1. The second kappa shape index (κ2) is 19.6. The van der Waals surface area contributed by atoms with Crippen LogP contribution in [0.3, 0.4) is 0 Å². The summed E-state index contributed by atoms with van der Waals surface area (Å²) in [6.07, 6.45) is 28.1. The molecule has 56 heavy (non-hydrogen) atoms. The monoisotopic (exact) mass is 760 g/mol. The maximum absolute atomic E-state index is 13.3. The predicted molar refractivity (Wildman–Crippen MR) is 231 cm³/mol. The van der Waals surface area contributed by atoms with E-state index in [2.05, 4.69) is 55.9 Å². The molecule has 0 aliphatic heterocycles. The maximum atomic E-state index is 13.3. The Morgan fingerprint density at radius 2 is 1.59 bits per heavy atom. The van der Waals surface area contributed by atoms with E-state index < -0.39 is 0 Å². The van der Waals surface area contributed by atoms with Crippen LogP contribution < -0.4 is 4.74 Å². The van der Waals surface area contributed by atoms with Gasteiger partial charge in [0, 0.05) is 19.2 Å². The van der Waals surface area contributed by atoms with Gasteiger partial charge in [0.1, 0.15) is 11.9 Å². The van der Waals surface area contributed by atoms with Crippen molar-refractivity contribution in [2.75, 3.05) is 13.2 Å². The van der Waals surface area contributed by atoms with Crippen molar-refractivity contribution in [3.8, 4) is 5.75 Å². The van der Waals surface area contributed by atoms with E-state index in [1.807, 2.05) is 73.8 Å². The van der Waals surface area contributed by atoms with Gasteiger partial charge in [0.25, 0.3) is 0 Å². The normalized spacial score (nSPS) is 29.5. The molecular weight excluding hydrogens is 691 g/mol. The number of hydrogen-bond acceptors (Lipinski definition) is 6. The van der Waals surface area contributed by atoms with Crippen LogP contribution >= 0.6 is 0 Å². The van der Waals surface area contributed by atoms with Crippen molar-refractivity contribution in [2.45, 2.75) is 131 Å². The first kappa shape index (κ1) is 41.8. The minimum absolute atomic E-state index is 0.0592. The van der Waals surface area contributed by atoms with E-state index in [4.69, 9.17) is 9.47 Å². The molecule has 0 aromatic heterocycles. The number of carbonyl (C=O) groups is 1. The first-order valence-electron chi connectivity index (χ1n) is 22.0. The highest BCUT2D eigenvalue weighted by Gasteiger charge is 2.59. The molecule has 0 amide bonds. The largest absolute Gasteiger partial charge is 0.494 e. The third kappa shape index (κ3) is 10.2. The number of rotatable bonds is 17. The number of aliphatic imine (C=N–C) groups is 1. The lowest BCUT2D eigenvalue weighted by Crippen LogP contribution is -2.51. The van der Waals surface area contributed by atoms with Crippen molar-refractivity contribution in [1.82, 2.24) is 0 Å². The van der Waals surface area contributed by atoms with Crippen LogP contribution in [0, 0.1) is 46.3 Å². The first-order valence-corrected chi connectivity index (χ1v) is 22.0. The van der Waals surface area contributed by atoms with E-state index in [-0.39, 0.29) is 17.5 Å². The lowest BCUT2D eigenvalue weighted by Gasteiger charge is -2.58. The summed E-state index contributed by atoms with van der Waals surface area (Å²) < 4.78 is 12.0. The van der Waals surface area contributed by atoms with Crippen molar-refractivity contribution in [3.05, 3.63) is 90.0 Å². The van der Waals surface area contributed by atoms with Crippen LogP contribution in [0.1, 0.15) is 135 Å². The lowest BCUT2D eigenvalue weighted by atomic mass is 9.47. The Labute approximate surface area is 338 Å². The fourth-order valence-electron chi connectivity index (χ4n) is 11.2. The molecule has 4 aliphatic carbocycles. The summed E-state index contributed by atoms with van der Waals surface area (Å²) in [4.78, 5) is 17.7. The van der Waals surface area contributed by atoms with Gasteiger partial charge in [-0.1, -0.05) is 83.8 Å². The molecule has 8 atom stereocenters. The zero-order chi connectivity index (χ0) is 39.5. The minimum Gasteiger partial charge on any atom is -0.494 e. The molecule has 6 heteroatoms. The molecule has 0 spiro atoms. The Bertz CT molecular complexity index is 1720. The van der Waals surface area contributed by atoms with Crippen LogP contribution in [0.5, 0.6) is 5.75 Å². The summed E-state index contributed by atoms with van der Waals surface area (Å²) in [7, 11) is 0. The number of nitrogens with zero attached hydrogens (tertiary/aromatic N) is 3. The van der Waals surface area contributed by atoms with E-state index in [1.54, 1.807) is 17.7 Å². The molecule has 0 saturated heterocycles. The molecule has 2 aromatic carbocycles. The van der Waals surface area contributed by atoms with Crippen LogP contribution in [0.15, 0.2) is 99.7 Å². The number of fused-ring (bicyclic) bond motifs is 5. The second-order valence-electron chi connectivity index (χ2n) is 18.3. The Morgan fingerprint density at radius 3 is 2.32 bits per heavy atom. The highest BCUT2D eigenvalue weighted by Crippen LogP contribution is 2.67. The summed E-state index contributed by atoms with van der Waals surface area (Å²) in [6, 6.07) is 14.9. The molecular formula is C50H69N3O3. The lowest BCUT2D eigenvalue weighted by molar-refractivity contribution is -0.0594. The highest BCUT2D eigenvalue weighted by molar-refractivity contribution is 5.89. The van der Waals surface area contributed by atoms with E-state index in [1.165, 1.54) is 51.4 Å². The third-order valence-corrected chi connectivity index (χ3v) is 14.3. The van der Waals surface area contributed by atoms with Crippen LogP contribution in [-0.4, -0.2) is 31.4 Å². The standard InChI is InChI=1S/C50H69N3O3/c1-7-8-9-10-32-51-33-11-12-34-55-42-23-21-41(22-24-42)53-52-40-19-16-38(17-20-40)48(54)56-43-28-30-49(5)39(35-43)18-25-44-46-27-26-45(37(4)15-13-14-36(2)3)50(46,6)31-29-47(44)49/h7-10,16-24,32,36-37,43-47H,11-15,25-31,33-35H2,1-6H3/b8-7-,10-9-,51-32?,53-52?. The van der Waals surface area contributed by atoms with Crippen molar-refractivity contribution in [3.63, 3.8) is 0 Å². The topological polar surface area (TPSA) is 72.6 Å². The predicted octanol–water partition coefficient (Wildman–Crippen LogP) is 14.0. The maximum Gasteiger partial charge on any atom is 0.338 e. The van der Waals surface area contributed by atoms with Gasteiger partial charge < -0.3 is 9.47 Å². The Morgan fingerprint density at radius 1 is 0.839 bits per heavy atom. The SMILES string of the molecule is C/C=C\C=C/C=NCCCCOc1ccc(N=Nc2ccc(C(=O)OC3CCC4(C)C(=CCC5C4CCC4(C)C(C(C)CCCC(C)C)CCC54)C3)cc2)cc1. The average molecular weight is 760 g/mol. The molecule has 0 N–H and O–H groups in total. The number of allylic oxidation sites excluding steroid dienone is 5. The molecule has 8 unspecified atom stereocenters. The minimum atomic E-state index is -0.245. The molecule has 3 saturated carbocycles. The molecule has 0 bridgehead atoms. The van der Waals surface area contributed by atoms with Gasteiger partial charge in [0.2, 0.25) is 0 Å². The van der Waals surface area contributed by atoms with Gasteiger partial charge in [-0.2, -0.15) is 10.2 Å². The Hall–Kier alpha value is -3.80. The zero-order valence-corrected chi connectivity index (χ0v) is 35.3. The summed E-state index contributed by atoms with van der Waals surface area (Å²) >= 11 is 0. The number of ether oxygens (including phenoxy) is 2. The number of azo groups is 1. The Balaban J connectivity index is 0.949. The average Bonchev–Trinajstić information content (AvgIpc) is 3.56. The van der Waals surface area contributed by atoms with Gasteiger partial charge in [-0.15, -0.1) is 0 Å². The van der Waals surface area contributed by atoms with E-state index >= 15 is 0 Å². The molecule has 6 nitrogen and oxygen atoms in total. The van der Waals surface area contributed by atoms with Crippen LogP contribution in [0.4, 0.5) is 11.4 Å². The van der Waals surface area contributed by atoms with Crippen molar-refractivity contribution >= 4 is 23.6 Å². The van der Waals surface area contributed by atoms with E-state index in [0.717, 1.165) is 85.6 Å². The third-order valence-electron chi connectivity index (χ3n) is 14.3. The molecule has 0 heterocycles. The van der Waals surface area contributed by atoms with Gasteiger partial charge in [0.05, 0.1) is 23.5 Å². The van der Waals surface area contributed by atoms with Gasteiger partial charge in [-0.25, -0.2) is 4.79 Å². The number of hydrogen-bond donors (Lipinski definition) is 0. The fraction of sp³-hybridized carbons (Fsp3) is 0.600. The molecule has 3 fully saturated rings. The fourth-order valence-corrected chi connectivity index (χ4v) is 11.2. The van der Waals surface area contributed by atoms with Crippen LogP contribution in [-0.2, 0) is 4.74 Å². The second-order valence-corrected chi connectivity index (χ2v) is 18.3. The summed E-state index contributed by atoms with van der Waals surface area (Å²) in [5, 5.41) is 8.78. The quantitative estimate of drug-likeness (QED) is 0.0402. The van der Waals surface area contributed by atoms with E-state index in [0.29, 0.717) is 23.3 Å². The molecule has 0 radical (unpaired) electrons. The summed E-state index contributed by atoms with van der Waals surface area (Å²) in [5.74, 6) is 5.55.